The lowest BCUT2D eigenvalue weighted by Gasteiger charge is -2.35. The Morgan fingerprint density at radius 3 is 2.69 bits per heavy atom. The third kappa shape index (κ3) is 3.22. The van der Waals surface area contributed by atoms with E-state index in [-0.39, 0.29) is 6.03 Å². The fourth-order valence-corrected chi connectivity index (χ4v) is 1.45. The van der Waals surface area contributed by atoms with E-state index in [9.17, 15) is 4.79 Å². The molecule has 1 saturated carbocycles. The van der Waals surface area contributed by atoms with Crippen molar-refractivity contribution in [1.82, 2.24) is 10.6 Å². The summed E-state index contributed by atoms with van der Waals surface area (Å²) in [6.45, 7) is 5.33. The van der Waals surface area contributed by atoms with E-state index in [1.165, 1.54) is 0 Å². The number of urea groups is 1. The van der Waals surface area contributed by atoms with Crippen LogP contribution in [0.3, 0.4) is 0 Å². The van der Waals surface area contributed by atoms with Crippen molar-refractivity contribution >= 4 is 6.03 Å². The molecule has 0 aromatic carbocycles. The molecule has 0 aromatic rings. The lowest BCUT2D eigenvalue weighted by Crippen LogP contribution is -2.50. The van der Waals surface area contributed by atoms with E-state index >= 15 is 0 Å². The lowest BCUT2D eigenvalue weighted by atomic mass is 9.89. The molecule has 76 valence electrons. The zero-order valence-corrected chi connectivity index (χ0v) is 8.30. The third-order valence-corrected chi connectivity index (χ3v) is 2.17. The maximum atomic E-state index is 11.0. The van der Waals surface area contributed by atoms with Gasteiger partial charge in [-0.15, -0.1) is 0 Å². The van der Waals surface area contributed by atoms with Gasteiger partial charge in [-0.3, -0.25) is 0 Å². The monoisotopic (exact) mass is 186 g/mol. The van der Waals surface area contributed by atoms with Crippen LogP contribution in [0.1, 0.15) is 26.7 Å². The normalized spacial score (nSPS) is 26.3. The maximum absolute atomic E-state index is 11.0. The molecular formula is C9H18N2O2. The standard InChI is InChI=1S/C9H18N2O2/c1-3-10-9(12)11-7-5-8(6-7)13-4-2/h7-8H,3-6H2,1-2H3,(H2,10,11,12). The Labute approximate surface area is 79.0 Å². The minimum atomic E-state index is -0.0672. The smallest absolute Gasteiger partial charge is 0.314 e. The van der Waals surface area contributed by atoms with Crippen molar-refractivity contribution in [3.8, 4) is 0 Å². The molecule has 0 aromatic heterocycles. The van der Waals surface area contributed by atoms with Crippen molar-refractivity contribution in [1.29, 1.82) is 0 Å². The molecule has 0 radical (unpaired) electrons. The summed E-state index contributed by atoms with van der Waals surface area (Å²) in [7, 11) is 0. The number of amides is 2. The summed E-state index contributed by atoms with van der Waals surface area (Å²) >= 11 is 0. The summed E-state index contributed by atoms with van der Waals surface area (Å²) in [5.41, 5.74) is 0. The predicted octanol–water partition coefficient (Wildman–Crippen LogP) is 0.873. The second-order valence-corrected chi connectivity index (χ2v) is 3.25. The van der Waals surface area contributed by atoms with Crippen molar-refractivity contribution in [3.05, 3.63) is 0 Å². The predicted molar refractivity (Wildman–Crippen MR) is 50.6 cm³/mol. The summed E-state index contributed by atoms with van der Waals surface area (Å²) < 4.78 is 5.38. The minimum absolute atomic E-state index is 0.0672. The Morgan fingerprint density at radius 2 is 2.15 bits per heavy atom. The van der Waals surface area contributed by atoms with Gasteiger partial charge in [0.1, 0.15) is 0 Å². The van der Waals surface area contributed by atoms with Crippen LogP contribution in [0.15, 0.2) is 0 Å². The molecule has 1 aliphatic carbocycles. The van der Waals surface area contributed by atoms with Crippen molar-refractivity contribution < 1.29 is 9.53 Å². The Bertz CT molecular complexity index is 167. The highest BCUT2D eigenvalue weighted by Gasteiger charge is 2.30. The van der Waals surface area contributed by atoms with Crippen molar-refractivity contribution in [2.45, 2.75) is 38.8 Å². The SMILES string of the molecule is CCNC(=O)NC1CC(OCC)C1. The van der Waals surface area contributed by atoms with Crippen LogP contribution >= 0.6 is 0 Å². The highest BCUT2D eigenvalue weighted by molar-refractivity contribution is 5.74. The first-order chi connectivity index (χ1) is 6.26. The van der Waals surface area contributed by atoms with E-state index in [0.717, 1.165) is 19.4 Å². The molecular weight excluding hydrogens is 168 g/mol. The van der Waals surface area contributed by atoms with Crippen molar-refractivity contribution in [2.75, 3.05) is 13.2 Å². The number of hydrogen-bond acceptors (Lipinski definition) is 2. The molecule has 2 amide bonds. The molecule has 0 heterocycles. The van der Waals surface area contributed by atoms with Gasteiger partial charge < -0.3 is 15.4 Å². The molecule has 0 atom stereocenters. The first-order valence-electron chi connectivity index (χ1n) is 4.92. The van der Waals surface area contributed by atoms with Gasteiger partial charge in [0.2, 0.25) is 0 Å². The minimum Gasteiger partial charge on any atom is -0.378 e. The molecule has 0 bridgehead atoms. The summed E-state index contributed by atoms with van der Waals surface area (Å²) in [5.74, 6) is 0. The summed E-state index contributed by atoms with van der Waals surface area (Å²) in [6.07, 6.45) is 2.26. The van der Waals surface area contributed by atoms with Crippen LogP contribution in [0.2, 0.25) is 0 Å². The molecule has 0 aliphatic heterocycles. The van der Waals surface area contributed by atoms with Crippen LogP contribution in [0.25, 0.3) is 0 Å². The fourth-order valence-electron chi connectivity index (χ4n) is 1.45. The van der Waals surface area contributed by atoms with Crippen LogP contribution in [0.5, 0.6) is 0 Å². The lowest BCUT2D eigenvalue weighted by molar-refractivity contribution is -0.00706. The van der Waals surface area contributed by atoms with Crippen molar-refractivity contribution in [2.24, 2.45) is 0 Å². The maximum Gasteiger partial charge on any atom is 0.314 e. The topological polar surface area (TPSA) is 50.4 Å². The molecule has 4 nitrogen and oxygen atoms in total. The van der Waals surface area contributed by atoms with Crippen LogP contribution in [0, 0.1) is 0 Å². The molecule has 1 rings (SSSR count). The van der Waals surface area contributed by atoms with E-state index < -0.39 is 0 Å². The second-order valence-electron chi connectivity index (χ2n) is 3.25. The number of nitrogens with one attached hydrogen (secondary N) is 2. The average Bonchev–Trinajstić information content (AvgIpc) is 2.01. The fraction of sp³-hybridized carbons (Fsp3) is 0.889. The van der Waals surface area contributed by atoms with Gasteiger partial charge >= 0.3 is 6.03 Å². The van der Waals surface area contributed by atoms with E-state index in [4.69, 9.17) is 4.74 Å². The van der Waals surface area contributed by atoms with Crippen LogP contribution in [0.4, 0.5) is 4.79 Å². The number of hydrogen-bond donors (Lipinski definition) is 2. The highest BCUT2D eigenvalue weighted by Crippen LogP contribution is 2.22. The Balaban J connectivity index is 2.04. The average molecular weight is 186 g/mol. The summed E-state index contributed by atoms with van der Waals surface area (Å²) in [5, 5.41) is 5.58. The number of ether oxygens (including phenoxy) is 1. The Morgan fingerprint density at radius 1 is 1.46 bits per heavy atom. The van der Waals surface area contributed by atoms with E-state index in [0.29, 0.717) is 18.7 Å². The summed E-state index contributed by atoms with van der Waals surface area (Å²) in [4.78, 5) is 11.0. The molecule has 1 aliphatic rings. The molecule has 0 saturated heterocycles. The molecule has 2 N–H and O–H groups in total. The Hall–Kier alpha value is -0.770. The van der Waals surface area contributed by atoms with E-state index in [1.807, 2.05) is 13.8 Å². The van der Waals surface area contributed by atoms with Crippen molar-refractivity contribution in [3.63, 3.8) is 0 Å². The van der Waals surface area contributed by atoms with Gasteiger partial charge in [0.05, 0.1) is 6.10 Å². The number of carbonyl (C=O) groups is 1. The summed E-state index contributed by atoms with van der Waals surface area (Å²) in [6, 6.07) is 0.241. The van der Waals surface area contributed by atoms with Gasteiger partial charge in [0.25, 0.3) is 0 Å². The van der Waals surface area contributed by atoms with Gasteiger partial charge in [-0.05, 0) is 26.7 Å². The van der Waals surface area contributed by atoms with Crippen LogP contribution in [-0.2, 0) is 4.74 Å². The quantitative estimate of drug-likeness (QED) is 0.684. The van der Waals surface area contributed by atoms with Gasteiger partial charge in [-0.2, -0.15) is 0 Å². The largest absolute Gasteiger partial charge is 0.378 e. The van der Waals surface area contributed by atoms with Gasteiger partial charge in [-0.25, -0.2) is 4.79 Å². The van der Waals surface area contributed by atoms with E-state index in [1.54, 1.807) is 0 Å². The van der Waals surface area contributed by atoms with Gasteiger partial charge in [-0.1, -0.05) is 0 Å². The molecule has 1 fully saturated rings. The molecule has 4 heteroatoms. The van der Waals surface area contributed by atoms with Crippen LogP contribution in [-0.4, -0.2) is 31.3 Å². The Kier molecular flexibility index (Phi) is 4.02. The zero-order chi connectivity index (χ0) is 9.68. The molecule has 0 spiro atoms. The number of carbonyl (C=O) groups excluding carboxylic acids is 1. The highest BCUT2D eigenvalue weighted by atomic mass is 16.5. The first kappa shape index (κ1) is 10.3. The van der Waals surface area contributed by atoms with Crippen LogP contribution < -0.4 is 10.6 Å². The number of rotatable bonds is 4. The molecule has 0 unspecified atom stereocenters. The zero-order valence-electron chi connectivity index (χ0n) is 8.30. The van der Waals surface area contributed by atoms with Gasteiger partial charge in [0, 0.05) is 19.2 Å². The van der Waals surface area contributed by atoms with Gasteiger partial charge in [0.15, 0.2) is 0 Å². The third-order valence-electron chi connectivity index (χ3n) is 2.17. The first-order valence-corrected chi connectivity index (χ1v) is 4.92. The molecule has 13 heavy (non-hydrogen) atoms. The second kappa shape index (κ2) is 5.07. The van der Waals surface area contributed by atoms with E-state index in [2.05, 4.69) is 10.6 Å².